The fourth-order valence-electron chi connectivity index (χ4n) is 10.7. The lowest BCUT2D eigenvalue weighted by molar-refractivity contribution is -0.218. The number of hydrogen-bond donors (Lipinski definition) is 4. The zero-order valence-electron chi connectivity index (χ0n) is 23.5. The van der Waals surface area contributed by atoms with E-state index in [4.69, 9.17) is 4.74 Å². The van der Waals surface area contributed by atoms with Gasteiger partial charge in [0.15, 0.2) is 5.78 Å². The highest BCUT2D eigenvalue weighted by molar-refractivity contribution is 5.89. The van der Waals surface area contributed by atoms with Crippen LogP contribution in [0.25, 0.3) is 0 Å². The van der Waals surface area contributed by atoms with Crippen LogP contribution in [0.1, 0.15) is 106 Å². The van der Waals surface area contributed by atoms with Gasteiger partial charge >= 0.3 is 0 Å². The van der Waals surface area contributed by atoms with Gasteiger partial charge in [-0.15, -0.1) is 0 Å². The summed E-state index contributed by atoms with van der Waals surface area (Å²) >= 11 is 0. The van der Waals surface area contributed by atoms with Gasteiger partial charge in [-0.2, -0.15) is 0 Å². The summed E-state index contributed by atoms with van der Waals surface area (Å²) in [5.74, 6) is -0.0420. The van der Waals surface area contributed by atoms with E-state index in [0.29, 0.717) is 19.3 Å². The number of aliphatic hydroxyl groups excluding tert-OH is 2. The number of rotatable bonds is 2. The van der Waals surface area contributed by atoms with Crippen LogP contribution in [-0.2, 0) is 9.53 Å². The maximum Gasteiger partial charge on any atom is 0.193 e. The minimum Gasteiger partial charge on any atom is -0.390 e. The first-order valence-electron chi connectivity index (χ1n) is 14.5. The number of ether oxygens (including phenoxy) is 1. The molecule has 0 aromatic carbocycles. The predicted molar refractivity (Wildman–Crippen MR) is 137 cm³/mol. The van der Waals surface area contributed by atoms with Gasteiger partial charge in [0.2, 0.25) is 0 Å². The number of hydrogen-bond acceptors (Lipinski definition) is 6. The third-order valence-corrected chi connectivity index (χ3v) is 12.7. The Morgan fingerprint density at radius 2 is 1.44 bits per heavy atom. The number of ketones is 1. The van der Waals surface area contributed by atoms with Crippen LogP contribution in [0, 0.1) is 39.9 Å². The lowest BCUT2D eigenvalue weighted by atomic mass is 9.48. The van der Waals surface area contributed by atoms with Crippen LogP contribution in [0.2, 0.25) is 0 Å². The standard InChI is InChI=1S/C30H50O6/c1-17(2)30(35)15-14-26(5)16-29(34,13-10-18(26)30)20-9-8-19-27(20,6)12-11-21-28(19,7)24(33)22(31)23(32)25(3,4)36-21/h17-21,23-24,32-35H,8-16H2,1-7H3/t18-,19-,20-,21-,23-,24+,26+,27+,28-,29+,30+/m1/s1. The van der Waals surface area contributed by atoms with Crippen molar-refractivity contribution in [2.75, 3.05) is 0 Å². The molecule has 1 aliphatic heterocycles. The predicted octanol–water partition coefficient (Wildman–Crippen LogP) is 4.01. The average Bonchev–Trinajstić information content (AvgIpc) is 3.28. The van der Waals surface area contributed by atoms with Gasteiger partial charge in [-0.05, 0) is 106 Å². The fraction of sp³-hybridized carbons (Fsp3) is 0.967. The van der Waals surface area contributed by atoms with Gasteiger partial charge in [-0.3, -0.25) is 4.79 Å². The van der Waals surface area contributed by atoms with Crippen LogP contribution < -0.4 is 0 Å². The molecule has 0 amide bonds. The van der Waals surface area contributed by atoms with Crippen molar-refractivity contribution >= 4 is 5.78 Å². The van der Waals surface area contributed by atoms with Crippen molar-refractivity contribution in [1.29, 1.82) is 0 Å². The molecular weight excluding hydrogens is 456 g/mol. The first-order chi connectivity index (χ1) is 16.5. The molecule has 5 rings (SSSR count). The van der Waals surface area contributed by atoms with Crippen molar-refractivity contribution in [2.45, 2.75) is 141 Å². The lowest BCUT2D eigenvalue weighted by Crippen LogP contribution is -2.61. The van der Waals surface area contributed by atoms with E-state index in [1.807, 2.05) is 6.92 Å². The molecular formula is C30H50O6. The average molecular weight is 507 g/mol. The number of carbonyl (C=O) groups is 1. The third kappa shape index (κ3) is 3.36. The van der Waals surface area contributed by atoms with Gasteiger partial charge in [0.05, 0.1) is 22.9 Å². The van der Waals surface area contributed by atoms with Crippen molar-refractivity contribution in [3.05, 3.63) is 0 Å². The molecule has 0 aromatic heterocycles. The number of Topliss-reactive ketones (excluding diaryl/α,β-unsaturated/α-hetero) is 1. The zero-order valence-corrected chi connectivity index (χ0v) is 23.5. The minimum atomic E-state index is -1.36. The molecule has 6 nitrogen and oxygen atoms in total. The molecule has 5 fully saturated rings. The molecule has 5 aliphatic rings. The van der Waals surface area contributed by atoms with E-state index in [1.54, 1.807) is 13.8 Å². The maximum atomic E-state index is 13.2. The summed E-state index contributed by atoms with van der Waals surface area (Å²) in [4.78, 5) is 13.2. The third-order valence-electron chi connectivity index (χ3n) is 12.7. The van der Waals surface area contributed by atoms with E-state index in [0.717, 1.165) is 38.5 Å². The van der Waals surface area contributed by atoms with Gasteiger partial charge in [-0.1, -0.05) is 34.6 Å². The second-order valence-electron chi connectivity index (χ2n) is 15.2. The van der Waals surface area contributed by atoms with Crippen molar-refractivity contribution < 1.29 is 30.0 Å². The Labute approximate surface area is 217 Å². The monoisotopic (exact) mass is 506 g/mol. The normalized spacial score (nSPS) is 56.7. The van der Waals surface area contributed by atoms with Gasteiger partial charge in [0.25, 0.3) is 0 Å². The maximum absolute atomic E-state index is 13.2. The van der Waals surface area contributed by atoms with E-state index in [1.165, 1.54) is 0 Å². The Bertz CT molecular complexity index is 917. The minimum absolute atomic E-state index is 0.0135. The quantitative estimate of drug-likeness (QED) is 0.451. The summed E-state index contributed by atoms with van der Waals surface area (Å²) in [5.41, 5.74) is -3.65. The molecule has 0 spiro atoms. The van der Waals surface area contributed by atoms with Gasteiger partial charge in [-0.25, -0.2) is 0 Å². The largest absolute Gasteiger partial charge is 0.390 e. The summed E-state index contributed by atoms with van der Waals surface area (Å²) in [6.07, 6.45) is 4.27. The Balaban J connectivity index is 1.46. The molecule has 4 aliphatic carbocycles. The smallest absolute Gasteiger partial charge is 0.193 e. The number of aliphatic hydroxyl groups is 4. The summed E-state index contributed by atoms with van der Waals surface area (Å²) < 4.78 is 6.41. The van der Waals surface area contributed by atoms with Gasteiger partial charge in [0.1, 0.15) is 12.2 Å². The van der Waals surface area contributed by atoms with Crippen LogP contribution >= 0.6 is 0 Å². The first kappa shape index (κ1) is 27.1. The van der Waals surface area contributed by atoms with Crippen molar-refractivity contribution in [3.8, 4) is 0 Å². The molecule has 1 saturated heterocycles. The fourth-order valence-corrected chi connectivity index (χ4v) is 10.7. The van der Waals surface area contributed by atoms with Crippen LogP contribution in [0.4, 0.5) is 0 Å². The highest BCUT2D eigenvalue weighted by Gasteiger charge is 2.70. The summed E-state index contributed by atoms with van der Waals surface area (Å²) in [5, 5.41) is 46.1. The van der Waals surface area contributed by atoms with Crippen LogP contribution in [0.5, 0.6) is 0 Å². The molecule has 11 atom stereocenters. The topological polar surface area (TPSA) is 107 Å². The Hall–Kier alpha value is -0.530. The highest BCUT2D eigenvalue weighted by Crippen LogP contribution is 2.70. The lowest BCUT2D eigenvalue weighted by Gasteiger charge is -2.59. The summed E-state index contributed by atoms with van der Waals surface area (Å²) in [6, 6.07) is 0. The Morgan fingerprint density at radius 1 is 0.806 bits per heavy atom. The van der Waals surface area contributed by atoms with Crippen molar-refractivity contribution in [2.24, 2.45) is 39.9 Å². The molecule has 4 N–H and O–H groups in total. The summed E-state index contributed by atoms with van der Waals surface area (Å²) in [6.45, 7) is 14.2. The molecule has 206 valence electrons. The van der Waals surface area contributed by atoms with Crippen molar-refractivity contribution in [3.63, 3.8) is 0 Å². The molecule has 0 radical (unpaired) electrons. The number of carbonyl (C=O) groups excluding carboxylic acids is 1. The zero-order chi connectivity index (χ0) is 26.7. The van der Waals surface area contributed by atoms with E-state index < -0.39 is 40.2 Å². The molecule has 4 saturated carbocycles. The SMILES string of the molecule is CC(C)[C@@]1(O)CC[C@@]2(C)C[C@](O)([C@@H]3CC[C@@H]4[C@]3(C)CC[C@H]3OC(C)(C)[C@H](O)C(=O)[C@H](O)[C@]43C)CC[C@H]21. The molecule has 1 heterocycles. The van der Waals surface area contributed by atoms with Crippen molar-refractivity contribution in [1.82, 2.24) is 0 Å². The van der Waals surface area contributed by atoms with Crippen LogP contribution in [0.3, 0.4) is 0 Å². The second-order valence-corrected chi connectivity index (χ2v) is 15.2. The molecule has 0 bridgehead atoms. The molecule has 0 unspecified atom stereocenters. The van der Waals surface area contributed by atoms with Gasteiger partial charge in [0, 0.05) is 5.41 Å². The second kappa shape index (κ2) is 8.00. The highest BCUT2D eigenvalue weighted by atomic mass is 16.5. The van der Waals surface area contributed by atoms with E-state index in [-0.39, 0.29) is 40.6 Å². The summed E-state index contributed by atoms with van der Waals surface area (Å²) in [7, 11) is 0. The number of fused-ring (bicyclic) bond motifs is 4. The van der Waals surface area contributed by atoms with Crippen LogP contribution in [0.15, 0.2) is 0 Å². The van der Waals surface area contributed by atoms with Crippen LogP contribution in [-0.4, -0.2) is 61.3 Å². The molecule has 36 heavy (non-hydrogen) atoms. The molecule has 6 heteroatoms. The van der Waals surface area contributed by atoms with E-state index >= 15 is 0 Å². The van der Waals surface area contributed by atoms with Gasteiger partial charge < -0.3 is 25.2 Å². The first-order valence-corrected chi connectivity index (χ1v) is 14.5. The Morgan fingerprint density at radius 3 is 2.08 bits per heavy atom. The van der Waals surface area contributed by atoms with E-state index in [9.17, 15) is 25.2 Å². The Kier molecular flexibility index (Phi) is 6.01. The van der Waals surface area contributed by atoms with E-state index in [2.05, 4.69) is 27.7 Å². The molecule has 0 aromatic rings.